The van der Waals surface area contributed by atoms with Crippen LogP contribution in [0.5, 0.6) is 0 Å². The molecule has 0 bridgehead atoms. The van der Waals surface area contributed by atoms with Gasteiger partial charge in [0.15, 0.2) is 0 Å². The van der Waals surface area contributed by atoms with E-state index in [4.69, 9.17) is 11.1 Å². The van der Waals surface area contributed by atoms with Gasteiger partial charge in [0.25, 0.3) is 0 Å². The van der Waals surface area contributed by atoms with Crippen molar-refractivity contribution in [1.29, 1.82) is 0 Å². The van der Waals surface area contributed by atoms with Crippen molar-refractivity contribution in [3.63, 3.8) is 0 Å². The summed E-state index contributed by atoms with van der Waals surface area (Å²) in [5.74, 6) is 6.56. The molecule has 0 nitrogen and oxygen atoms in total. The molecule has 0 unspecified atom stereocenters. The van der Waals surface area contributed by atoms with Crippen LogP contribution < -0.4 is 4.50 Å². The zero-order valence-corrected chi connectivity index (χ0v) is 26.0. The summed E-state index contributed by atoms with van der Waals surface area (Å²) in [5, 5.41) is 0. The molecule has 5 aromatic rings. The molecule has 35 heavy (non-hydrogen) atoms. The van der Waals surface area contributed by atoms with Gasteiger partial charge in [0.2, 0.25) is 0 Å². The first kappa shape index (κ1) is 25.0. The number of hydrogen-bond donors (Lipinski definition) is 0. The zero-order valence-electron chi connectivity index (χ0n) is 20.0. The number of halogens is 1. The maximum absolute atomic E-state index is 6.90. The first-order valence-electron chi connectivity index (χ1n) is 11.4. The number of thiophene rings is 4. The van der Waals surface area contributed by atoms with E-state index in [1.807, 2.05) is 64.3 Å². The fourth-order valence-electron chi connectivity index (χ4n) is 3.50. The Bertz CT molecular complexity index is 1520. The molecule has 0 aliphatic heterocycles. The van der Waals surface area contributed by atoms with E-state index in [0.717, 1.165) is 10.4 Å². The molecule has 7 heteroatoms. The molecule has 0 amide bonds. The molecule has 0 aliphatic rings. The lowest BCUT2D eigenvalue weighted by Gasteiger charge is -2.31. The Morgan fingerprint density at radius 1 is 0.543 bits per heavy atom. The fraction of sp³-hybridized carbons (Fsp3) is 0.143. The second-order valence-electron chi connectivity index (χ2n) is 9.37. The molecule has 0 aliphatic carbocycles. The van der Waals surface area contributed by atoms with Crippen LogP contribution in [0.3, 0.4) is 0 Å². The van der Waals surface area contributed by atoms with Crippen LogP contribution >= 0.6 is 56.4 Å². The standard InChI is InChI=1S/C28H25ClS4Si2/c1-34(2,35(3,4)29)28-19-18-27(33-28)26-17-16-25(32-26)24-15-14-23(31-24)22-13-12-21(30-22)11-10-20-8-6-5-7-9-20/h5-9,12-19H,1-4H3. The van der Waals surface area contributed by atoms with E-state index in [1.54, 1.807) is 11.3 Å². The van der Waals surface area contributed by atoms with E-state index in [2.05, 4.69) is 86.6 Å². The topological polar surface area (TPSA) is 0 Å². The first-order valence-corrected chi connectivity index (χ1v) is 22.7. The van der Waals surface area contributed by atoms with Crippen LogP contribution in [0.4, 0.5) is 0 Å². The van der Waals surface area contributed by atoms with Crippen LogP contribution in [-0.2, 0) is 0 Å². The molecule has 0 spiro atoms. The summed E-state index contributed by atoms with van der Waals surface area (Å²) >= 11 is 14.4. The molecule has 4 heterocycles. The zero-order chi connectivity index (χ0) is 24.6. The Morgan fingerprint density at radius 3 is 1.60 bits per heavy atom. The van der Waals surface area contributed by atoms with Crippen LogP contribution in [0, 0.1) is 11.8 Å². The van der Waals surface area contributed by atoms with Crippen molar-refractivity contribution >= 4 is 75.4 Å². The Labute approximate surface area is 230 Å². The summed E-state index contributed by atoms with van der Waals surface area (Å²) in [7, 11) is -1.59. The molecular weight excluding hydrogens is 556 g/mol. The van der Waals surface area contributed by atoms with E-state index >= 15 is 0 Å². The molecule has 0 saturated heterocycles. The minimum absolute atomic E-state index is 1.05. The number of benzene rings is 1. The van der Waals surface area contributed by atoms with Gasteiger partial charge in [-0.05, 0) is 59.1 Å². The molecule has 0 radical (unpaired) electrons. The molecule has 0 saturated carbocycles. The van der Waals surface area contributed by atoms with Crippen molar-refractivity contribution in [2.75, 3.05) is 0 Å². The maximum Gasteiger partial charge on any atom is 0.147 e. The second-order valence-corrected chi connectivity index (χ2v) is 32.1. The third-order valence-electron chi connectivity index (χ3n) is 6.36. The van der Waals surface area contributed by atoms with Gasteiger partial charge in [-0.2, -0.15) is 11.1 Å². The normalized spacial score (nSPS) is 11.9. The van der Waals surface area contributed by atoms with Crippen molar-refractivity contribution in [1.82, 2.24) is 0 Å². The van der Waals surface area contributed by atoms with Crippen LogP contribution in [0.25, 0.3) is 29.3 Å². The van der Waals surface area contributed by atoms with E-state index in [-0.39, 0.29) is 0 Å². The minimum atomic E-state index is -1.69. The average Bonchev–Trinajstić information content (AvgIpc) is 3.62. The first-order chi connectivity index (χ1) is 16.7. The van der Waals surface area contributed by atoms with E-state index in [1.165, 1.54) is 33.8 Å². The quantitative estimate of drug-likeness (QED) is 0.110. The summed E-state index contributed by atoms with van der Waals surface area (Å²) in [6.07, 6.45) is 0. The van der Waals surface area contributed by atoms with Gasteiger partial charge >= 0.3 is 0 Å². The second kappa shape index (κ2) is 9.99. The molecule has 0 N–H and O–H groups in total. The molecule has 176 valence electrons. The van der Waals surface area contributed by atoms with Crippen LogP contribution in [0.2, 0.25) is 26.2 Å². The summed E-state index contributed by atoms with van der Waals surface area (Å²) in [6, 6.07) is 28.1. The summed E-state index contributed by atoms with van der Waals surface area (Å²) in [4.78, 5) is 9.03. The highest BCUT2D eigenvalue weighted by molar-refractivity contribution is 7.64. The van der Waals surface area contributed by atoms with Crippen LogP contribution in [0.1, 0.15) is 10.4 Å². The van der Waals surface area contributed by atoms with E-state index in [9.17, 15) is 0 Å². The van der Waals surface area contributed by atoms with Crippen molar-refractivity contribution in [3.05, 3.63) is 89.3 Å². The van der Waals surface area contributed by atoms with Gasteiger partial charge in [-0.3, -0.25) is 0 Å². The Morgan fingerprint density at radius 2 is 1.03 bits per heavy atom. The smallest absolute Gasteiger partial charge is 0.147 e. The highest BCUT2D eigenvalue weighted by Gasteiger charge is 2.42. The van der Waals surface area contributed by atoms with Crippen molar-refractivity contribution < 1.29 is 0 Å². The van der Waals surface area contributed by atoms with Gasteiger partial charge in [0.1, 0.15) is 14.5 Å². The molecule has 5 rings (SSSR count). The maximum atomic E-state index is 6.90. The minimum Gasteiger partial charge on any atom is -0.171 e. The molecule has 0 atom stereocenters. The number of rotatable bonds is 5. The monoisotopic (exact) mass is 580 g/mol. The van der Waals surface area contributed by atoms with Gasteiger partial charge in [-0.25, -0.2) is 0 Å². The Hall–Kier alpha value is -1.70. The lowest BCUT2D eigenvalue weighted by Crippen LogP contribution is -2.58. The predicted molar refractivity (Wildman–Crippen MR) is 167 cm³/mol. The summed E-state index contributed by atoms with van der Waals surface area (Å²) in [5.41, 5.74) is 1.05. The largest absolute Gasteiger partial charge is 0.171 e. The number of hydrogen-bond acceptors (Lipinski definition) is 4. The van der Waals surface area contributed by atoms with Crippen LogP contribution in [-0.4, -0.2) is 14.5 Å². The fourth-order valence-corrected chi connectivity index (χ4v) is 16.0. The lowest BCUT2D eigenvalue weighted by atomic mass is 10.2. The summed E-state index contributed by atoms with van der Waals surface area (Å²) < 4.78 is 1.52. The average molecular weight is 581 g/mol. The van der Waals surface area contributed by atoms with Gasteiger partial charge in [0, 0.05) is 34.8 Å². The predicted octanol–water partition coefficient (Wildman–Crippen LogP) is 9.77. The SMILES string of the molecule is C[Si](C)(Cl)[Si](C)(C)c1ccc(-c2ccc(-c3ccc(-c4ccc(C#Cc5ccccc5)s4)s3)s2)s1. The highest BCUT2D eigenvalue weighted by atomic mass is 35.6. The Balaban J connectivity index is 1.34. The lowest BCUT2D eigenvalue weighted by molar-refractivity contribution is 1.65. The van der Waals surface area contributed by atoms with E-state index < -0.39 is 14.5 Å². The third kappa shape index (κ3) is 5.37. The van der Waals surface area contributed by atoms with Crippen molar-refractivity contribution in [2.45, 2.75) is 26.2 Å². The summed E-state index contributed by atoms with van der Waals surface area (Å²) in [6.45, 7) is 7.76. The molecule has 1 aromatic carbocycles. The van der Waals surface area contributed by atoms with Gasteiger partial charge in [-0.1, -0.05) is 62.3 Å². The van der Waals surface area contributed by atoms with Crippen molar-refractivity contribution in [2.24, 2.45) is 0 Å². The highest BCUT2D eigenvalue weighted by Crippen LogP contribution is 2.42. The van der Waals surface area contributed by atoms with Gasteiger partial charge in [-0.15, -0.1) is 45.3 Å². The molecular formula is C28H25ClS4Si2. The third-order valence-corrected chi connectivity index (χ3v) is 31.7. The van der Waals surface area contributed by atoms with E-state index in [0.29, 0.717) is 0 Å². The van der Waals surface area contributed by atoms with Gasteiger partial charge in [0.05, 0.1) is 4.88 Å². The molecule has 4 aromatic heterocycles. The molecule has 0 fully saturated rings. The van der Waals surface area contributed by atoms with Crippen LogP contribution in [0.15, 0.2) is 78.9 Å². The van der Waals surface area contributed by atoms with Gasteiger partial charge < -0.3 is 0 Å². The van der Waals surface area contributed by atoms with Crippen molar-refractivity contribution in [3.8, 4) is 41.1 Å². The Kier molecular flexibility index (Phi) is 7.13.